The van der Waals surface area contributed by atoms with Gasteiger partial charge in [0.25, 0.3) is 0 Å². The molecule has 3 nitrogen and oxygen atoms in total. The summed E-state index contributed by atoms with van der Waals surface area (Å²) >= 11 is 5.69. The SMILES string of the molecule is Cc1ccc2c(c1)nc(N)n2-c1ccc(Cl)c(F)c1. The van der Waals surface area contributed by atoms with Crippen LogP contribution in [0.4, 0.5) is 10.3 Å². The van der Waals surface area contributed by atoms with E-state index in [4.69, 9.17) is 17.3 Å². The Kier molecular flexibility index (Phi) is 2.68. The van der Waals surface area contributed by atoms with Gasteiger partial charge in [-0.1, -0.05) is 17.7 Å². The van der Waals surface area contributed by atoms with Crippen LogP contribution in [0.1, 0.15) is 5.56 Å². The Balaban J connectivity index is 2.29. The molecule has 0 aliphatic heterocycles. The van der Waals surface area contributed by atoms with Crippen molar-refractivity contribution >= 4 is 28.6 Å². The van der Waals surface area contributed by atoms with E-state index in [2.05, 4.69) is 4.98 Å². The summed E-state index contributed by atoms with van der Waals surface area (Å²) in [5.74, 6) is -0.158. The van der Waals surface area contributed by atoms with Crippen LogP contribution in [0.2, 0.25) is 5.02 Å². The Morgan fingerprint density at radius 1 is 1.21 bits per heavy atom. The Morgan fingerprint density at radius 3 is 2.74 bits per heavy atom. The largest absolute Gasteiger partial charge is 0.369 e. The van der Waals surface area contributed by atoms with E-state index in [1.54, 1.807) is 10.6 Å². The minimum atomic E-state index is -0.479. The summed E-state index contributed by atoms with van der Waals surface area (Å²) in [6.07, 6.45) is 0. The van der Waals surface area contributed by atoms with Crippen molar-refractivity contribution in [3.8, 4) is 5.69 Å². The number of nitrogen functional groups attached to an aromatic ring is 1. The first-order valence-electron chi connectivity index (χ1n) is 5.76. The molecule has 0 atom stereocenters. The van der Waals surface area contributed by atoms with Crippen molar-refractivity contribution in [2.75, 3.05) is 5.73 Å². The maximum atomic E-state index is 13.6. The second-order valence-electron chi connectivity index (χ2n) is 4.40. The number of hydrogen-bond donors (Lipinski definition) is 1. The van der Waals surface area contributed by atoms with Crippen LogP contribution in [0.3, 0.4) is 0 Å². The average molecular weight is 276 g/mol. The van der Waals surface area contributed by atoms with Crippen molar-refractivity contribution in [1.29, 1.82) is 0 Å². The number of hydrogen-bond acceptors (Lipinski definition) is 2. The van der Waals surface area contributed by atoms with Crippen molar-refractivity contribution in [3.05, 3.63) is 52.8 Å². The van der Waals surface area contributed by atoms with E-state index in [1.165, 1.54) is 12.1 Å². The minimum Gasteiger partial charge on any atom is -0.369 e. The quantitative estimate of drug-likeness (QED) is 0.736. The number of aryl methyl sites for hydroxylation is 1. The van der Waals surface area contributed by atoms with Crippen LogP contribution in [0.15, 0.2) is 36.4 Å². The van der Waals surface area contributed by atoms with Gasteiger partial charge >= 0.3 is 0 Å². The fraction of sp³-hybridized carbons (Fsp3) is 0.0714. The first-order valence-corrected chi connectivity index (χ1v) is 6.14. The molecule has 0 unspecified atom stereocenters. The molecule has 1 heterocycles. The number of aromatic nitrogens is 2. The van der Waals surface area contributed by atoms with Crippen LogP contribution in [-0.4, -0.2) is 9.55 Å². The first-order chi connectivity index (χ1) is 9.06. The summed E-state index contributed by atoms with van der Waals surface area (Å²) in [4.78, 5) is 4.29. The molecule has 0 fully saturated rings. The molecule has 0 bridgehead atoms. The van der Waals surface area contributed by atoms with Gasteiger partial charge in [0.1, 0.15) is 5.82 Å². The molecule has 0 radical (unpaired) electrons. The number of benzene rings is 2. The summed E-state index contributed by atoms with van der Waals surface area (Å²) in [6.45, 7) is 1.98. The molecule has 0 saturated carbocycles. The van der Waals surface area contributed by atoms with Crippen LogP contribution in [0, 0.1) is 12.7 Å². The predicted octanol–water partition coefficient (Wildman–Crippen LogP) is 3.71. The molecule has 2 N–H and O–H groups in total. The molecule has 3 aromatic rings. The predicted molar refractivity (Wildman–Crippen MR) is 75.2 cm³/mol. The highest BCUT2D eigenvalue weighted by molar-refractivity contribution is 6.30. The van der Waals surface area contributed by atoms with Gasteiger partial charge in [-0.3, -0.25) is 4.57 Å². The van der Waals surface area contributed by atoms with Crippen LogP contribution in [0.25, 0.3) is 16.7 Å². The molecule has 0 aliphatic carbocycles. The number of imidazole rings is 1. The highest BCUT2D eigenvalue weighted by Crippen LogP contribution is 2.26. The molecular weight excluding hydrogens is 265 g/mol. The fourth-order valence-electron chi connectivity index (χ4n) is 2.10. The summed E-state index contributed by atoms with van der Waals surface area (Å²) in [5, 5.41) is 0.0857. The number of fused-ring (bicyclic) bond motifs is 1. The number of anilines is 1. The van der Waals surface area contributed by atoms with Crippen LogP contribution in [0.5, 0.6) is 0 Å². The van der Waals surface area contributed by atoms with Crippen molar-refractivity contribution in [2.24, 2.45) is 0 Å². The Bertz CT molecular complexity index is 780. The summed E-state index contributed by atoms with van der Waals surface area (Å²) < 4.78 is 15.3. The van der Waals surface area contributed by atoms with Gasteiger partial charge in [-0.05, 0) is 42.8 Å². The highest BCUT2D eigenvalue weighted by atomic mass is 35.5. The third-order valence-electron chi connectivity index (χ3n) is 3.00. The lowest BCUT2D eigenvalue weighted by Crippen LogP contribution is -2.01. The highest BCUT2D eigenvalue weighted by Gasteiger charge is 2.11. The van der Waals surface area contributed by atoms with Crippen LogP contribution >= 0.6 is 11.6 Å². The molecule has 0 amide bonds. The minimum absolute atomic E-state index is 0.0857. The van der Waals surface area contributed by atoms with Crippen molar-refractivity contribution in [3.63, 3.8) is 0 Å². The zero-order chi connectivity index (χ0) is 13.6. The van der Waals surface area contributed by atoms with E-state index >= 15 is 0 Å². The zero-order valence-corrected chi connectivity index (χ0v) is 10.9. The molecule has 5 heteroatoms. The summed E-state index contributed by atoms with van der Waals surface area (Å²) in [7, 11) is 0. The van der Waals surface area contributed by atoms with E-state index in [1.807, 2.05) is 25.1 Å². The third kappa shape index (κ3) is 1.94. The molecule has 19 heavy (non-hydrogen) atoms. The molecular formula is C14H11ClFN3. The Hall–Kier alpha value is -2.07. The third-order valence-corrected chi connectivity index (χ3v) is 3.30. The lowest BCUT2D eigenvalue weighted by atomic mass is 10.2. The van der Waals surface area contributed by atoms with Crippen molar-refractivity contribution in [2.45, 2.75) is 6.92 Å². The van der Waals surface area contributed by atoms with Gasteiger partial charge < -0.3 is 5.73 Å². The van der Waals surface area contributed by atoms with Gasteiger partial charge in [0, 0.05) is 0 Å². The first kappa shape index (κ1) is 12.0. The summed E-state index contributed by atoms with van der Waals surface area (Å²) in [6, 6.07) is 10.4. The smallest absolute Gasteiger partial charge is 0.205 e. The Labute approximate surface area is 114 Å². The number of halogens is 2. The van der Waals surface area contributed by atoms with Gasteiger partial charge in [0.05, 0.1) is 21.7 Å². The number of nitrogens with zero attached hydrogens (tertiary/aromatic N) is 2. The van der Waals surface area contributed by atoms with Gasteiger partial charge in [0.15, 0.2) is 0 Å². The van der Waals surface area contributed by atoms with E-state index < -0.39 is 5.82 Å². The van der Waals surface area contributed by atoms with E-state index in [0.717, 1.165) is 16.6 Å². The van der Waals surface area contributed by atoms with Gasteiger partial charge in [-0.2, -0.15) is 0 Å². The van der Waals surface area contributed by atoms with E-state index in [-0.39, 0.29) is 5.02 Å². The normalized spacial score (nSPS) is 11.1. The van der Waals surface area contributed by atoms with Crippen LogP contribution < -0.4 is 5.73 Å². The lowest BCUT2D eigenvalue weighted by molar-refractivity contribution is 0.627. The Morgan fingerprint density at radius 2 is 2.00 bits per heavy atom. The second-order valence-corrected chi connectivity index (χ2v) is 4.80. The van der Waals surface area contributed by atoms with E-state index in [9.17, 15) is 4.39 Å². The topological polar surface area (TPSA) is 43.8 Å². The van der Waals surface area contributed by atoms with Gasteiger partial charge in [0.2, 0.25) is 5.95 Å². The zero-order valence-electron chi connectivity index (χ0n) is 10.2. The fourth-order valence-corrected chi connectivity index (χ4v) is 2.22. The lowest BCUT2D eigenvalue weighted by Gasteiger charge is -2.07. The molecule has 2 aromatic carbocycles. The second kappa shape index (κ2) is 4.24. The van der Waals surface area contributed by atoms with E-state index in [0.29, 0.717) is 11.6 Å². The molecule has 0 saturated heterocycles. The molecule has 0 aliphatic rings. The number of nitrogens with two attached hydrogens (primary N) is 1. The number of rotatable bonds is 1. The monoisotopic (exact) mass is 275 g/mol. The maximum absolute atomic E-state index is 13.6. The maximum Gasteiger partial charge on any atom is 0.205 e. The standard InChI is InChI=1S/C14H11ClFN3/c1-8-2-5-13-12(6-8)18-14(17)19(13)9-3-4-10(15)11(16)7-9/h2-7H,1H3,(H2,17,18). The molecule has 96 valence electrons. The van der Waals surface area contributed by atoms with Crippen molar-refractivity contribution < 1.29 is 4.39 Å². The summed E-state index contributed by atoms with van der Waals surface area (Å²) in [5.41, 5.74) is 9.24. The van der Waals surface area contributed by atoms with Gasteiger partial charge in [-0.25, -0.2) is 9.37 Å². The van der Waals surface area contributed by atoms with Gasteiger partial charge in [-0.15, -0.1) is 0 Å². The molecule has 0 spiro atoms. The molecule has 1 aromatic heterocycles. The van der Waals surface area contributed by atoms with Crippen molar-refractivity contribution in [1.82, 2.24) is 9.55 Å². The molecule has 3 rings (SSSR count). The van der Waals surface area contributed by atoms with Crippen LogP contribution in [-0.2, 0) is 0 Å². The average Bonchev–Trinajstić information content (AvgIpc) is 2.68.